The van der Waals surface area contributed by atoms with Gasteiger partial charge in [0, 0.05) is 24.0 Å². The van der Waals surface area contributed by atoms with Gasteiger partial charge in [-0.25, -0.2) is 9.97 Å². The number of hydrogen-bond acceptors (Lipinski definition) is 4. The Labute approximate surface area is 169 Å². The number of imidazole rings is 1. The Morgan fingerprint density at radius 2 is 1.73 bits per heavy atom. The number of rotatable bonds is 5. The molecule has 4 aromatic rings. The average molecular weight is 413 g/mol. The predicted octanol–water partition coefficient (Wildman–Crippen LogP) is 3.35. The zero-order valence-electron chi connectivity index (χ0n) is 15.8. The van der Waals surface area contributed by atoms with Crippen molar-refractivity contribution in [2.75, 3.05) is 13.1 Å². The first-order valence-corrected chi connectivity index (χ1v) is 9.28. The molecule has 0 aliphatic rings. The molecule has 4 rings (SSSR count). The molecule has 0 atom stereocenters. The van der Waals surface area contributed by atoms with Gasteiger partial charge in [-0.05, 0) is 6.07 Å². The fourth-order valence-electron chi connectivity index (χ4n) is 3.44. The van der Waals surface area contributed by atoms with Crippen LogP contribution in [0.2, 0.25) is 0 Å². The minimum absolute atomic E-state index is 0.165. The normalized spacial score (nSPS) is 11.9. The summed E-state index contributed by atoms with van der Waals surface area (Å²) in [5.41, 5.74) is 5.29. The number of nitrogens with two attached hydrogens (primary N) is 1. The van der Waals surface area contributed by atoms with E-state index in [-0.39, 0.29) is 36.6 Å². The van der Waals surface area contributed by atoms with Crippen LogP contribution in [0.25, 0.3) is 33.3 Å². The van der Waals surface area contributed by atoms with Crippen molar-refractivity contribution in [2.45, 2.75) is 12.7 Å². The van der Waals surface area contributed by atoms with Crippen molar-refractivity contribution in [3.8, 4) is 11.4 Å². The van der Waals surface area contributed by atoms with Gasteiger partial charge < -0.3 is 15.6 Å². The minimum Gasteiger partial charge on any atom is -0.353 e. The summed E-state index contributed by atoms with van der Waals surface area (Å²) in [7, 11) is 0. The van der Waals surface area contributed by atoms with E-state index < -0.39 is 11.9 Å². The van der Waals surface area contributed by atoms with Gasteiger partial charge in [-0.3, -0.25) is 4.79 Å². The number of hydrogen-bond donors (Lipinski definition) is 2. The number of alkyl halides is 3. The summed E-state index contributed by atoms with van der Waals surface area (Å²) in [6.45, 7) is 0.248. The number of benzene rings is 2. The number of amides is 1. The van der Waals surface area contributed by atoms with E-state index in [0.29, 0.717) is 22.3 Å². The molecule has 0 saturated carbocycles. The number of pyridine rings is 1. The molecule has 3 N–H and O–H groups in total. The topological polar surface area (TPSA) is 85.8 Å². The van der Waals surface area contributed by atoms with Crippen molar-refractivity contribution < 1.29 is 18.0 Å². The van der Waals surface area contributed by atoms with Crippen LogP contribution in [-0.4, -0.2) is 33.5 Å². The molecule has 2 heterocycles. The number of carbonyl (C=O) groups excluding carboxylic acids is 1. The number of para-hydroxylation sites is 1. The van der Waals surface area contributed by atoms with E-state index in [2.05, 4.69) is 15.3 Å². The molecule has 0 aliphatic carbocycles. The molecule has 6 nitrogen and oxygen atoms in total. The largest absolute Gasteiger partial charge is 0.435 e. The lowest BCUT2D eigenvalue weighted by Gasteiger charge is -2.13. The Bertz CT molecular complexity index is 1220. The molecule has 0 bridgehead atoms. The van der Waals surface area contributed by atoms with Crippen LogP contribution in [0.4, 0.5) is 13.2 Å². The maximum Gasteiger partial charge on any atom is 0.435 e. The van der Waals surface area contributed by atoms with Crippen molar-refractivity contribution in [2.24, 2.45) is 5.73 Å². The molecule has 9 heteroatoms. The van der Waals surface area contributed by atoms with Crippen LogP contribution in [0.3, 0.4) is 0 Å². The third kappa shape index (κ3) is 3.59. The Balaban J connectivity index is 2.01. The summed E-state index contributed by atoms with van der Waals surface area (Å²) in [5, 5.41) is 3.21. The van der Waals surface area contributed by atoms with Gasteiger partial charge in [-0.2, -0.15) is 13.2 Å². The lowest BCUT2D eigenvalue weighted by molar-refractivity contribution is -0.139. The van der Waals surface area contributed by atoms with E-state index in [1.54, 1.807) is 53.1 Å². The molecule has 0 radical (unpaired) electrons. The van der Waals surface area contributed by atoms with Gasteiger partial charge in [0.2, 0.25) is 5.91 Å². The van der Waals surface area contributed by atoms with E-state index in [1.807, 2.05) is 6.07 Å². The zero-order chi connectivity index (χ0) is 21.3. The van der Waals surface area contributed by atoms with Crippen molar-refractivity contribution in [1.29, 1.82) is 0 Å². The van der Waals surface area contributed by atoms with E-state index in [0.717, 1.165) is 0 Å². The van der Waals surface area contributed by atoms with Gasteiger partial charge in [0.1, 0.15) is 11.3 Å². The number of aromatic nitrogens is 3. The molecular formula is C21H18F3N5O. The first-order chi connectivity index (χ1) is 14.4. The van der Waals surface area contributed by atoms with E-state index in [9.17, 15) is 18.0 Å². The Kier molecular flexibility index (Phi) is 5.13. The second kappa shape index (κ2) is 7.75. The molecule has 0 aliphatic heterocycles. The molecule has 30 heavy (non-hydrogen) atoms. The Morgan fingerprint density at radius 3 is 2.43 bits per heavy atom. The molecule has 0 spiro atoms. The van der Waals surface area contributed by atoms with Gasteiger partial charge >= 0.3 is 6.18 Å². The lowest BCUT2D eigenvalue weighted by Crippen LogP contribution is -2.32. The number of halogens is 3. The highest BCUT2D eigenvalue weighted by atomic mass is 19.4. The first-order valence-electron chi connectivity index (χ1n) is 9.28. The summed E-state index contributed by atoms with van der Waals surface area (Å²) in [6, 6.07) is 15.6. The lowest BCUT2D eigenvalue weighted by atomic mass is 10.1. The van der Waals surface area contributed by atoms with Crippen molar-refractivity contribution in [3.05, 3.63) is 60.3 Å². The SMILES string of the molecule is NCC(=O)NCCn1c(-c2ccccc2)nc2c(C(F)(F)F)nc3ccccc3c21. The maximum atomic E-state index is 13.8. The highest BCUT2D eigenvalue weighted by molar-refractivity contribution is 6.04. The van der Waals surface area contributed by atoms with Crippen molar-refractivity contribution in [1.82, 2.24) is 19.9 Å². The number of nitrogens with one attached hydrogen (secondary N) is 1. The first kappa shape index (κ1) is 19.8. The molecule has 0 saturated heterocycles. The molecular weight excluding hydrogens is 395 g/mol. The fraction of sp³-hybridized carbons (Fsp3) is 0.190. The summed E-state index contributed by atoms with van der Waals surface area (Å²) < 4.78 is 43.1. The van der Waals surface area contributed by atoms with Gasteiger partial charge in [0.25, 0.3) is 0 Å². The van der Waals surface area contributed by atoms with Crippen LogP contribution >= 0.6 is 0 Å². The van der Waals surface area contributed by atoms with Gasteiger partial charge in [-0.1, -0.05) is 48.5 Å². The van der Waals surface area contributed by atoms with Crippen LogP contribution in [0.5, 0.6) is 0 Å². The van der Waals surface area contributed by atoms with Gasteiger partial charge in [0.05, 0.1) is 17.6 Å². The highest BCUT2D eigenvalue weighted by Crippen LogP contribution is 2.38. The van der Waals surface area contributed by atoms with Crippen LogP contribution in [0, 0.1) is 0 Å². The molecule has 2 aromatic heterocycles. The summed E-state index contributed by atoms with van der Waals surface area (Å²) in [5.74, 6) is 0.0273. The zero-order valence-corrected chi connectivity index (χ0v) is 15.8. The summed E-state index contributed by atoms with van der Waals surface area (Å²) >= 11 is 0. The summed E-state index contributed by atoms with van der Waals surface area (Å²) in [4.78, 5) is 19.8. The Hall–Kier alpha value is -3.46. The van der Waals surface area contributed by atoms with Gasteiger partial charge in [0.15, 0.2) is 5.69 Å². The highest BCUT2D eigenvalue weighted by Gasteiger charge is 2.37. The molecule has 0 unspecified atom stereocenters. The van der Waals surface area contributed by atoms with Crippen molar-refractivity contribution >= 4 is 27.8 Å². The van der Waals surface area contributed by atoms with E-state index >= 15 is 0 Å². The molecule has 154 valence electrons. The number of nitrogens with zero attached hydrogens (tertiary/aromatic N) is 3. The van der Waals surface area contributed by atoms with E-state index in [4.69, 9.17) is 5.73 Å². The maximum absolute atomic E-state index is 13.8. The Morgan fingerprint density at radius 1 is 1.03 bits per heavy atom. The molecule has 2 aromatic carbocycles. The minimum atomic E-state index is -4.66. The van der Waals surface area contributed by atoms with Crippen molar-refractivity contribution in [3.63, 3.8) is 0 Å². The summed E-state index contributed by atoms with van der Waals surface area (Å²) in [6.07, 6.45) is -4.66. The van der Waals surface area contributed by atoms with Crippen LogP contribution in [0.15, 0.2) is 54.6 Å². The third-order valence-electron chi connectivity index (χ3n) is 4.73. The average Bonchev–Trinajstić information content (AvgIpc) is 3.12. The van der Waals surface area contributed by atoms with Crippen LogP contribution in [-0.2, 0) is 17.5 Å². The quantitative estimate of drug-likeness (QED) is 0.526. The second-order valence-electron chi connectivity index (χ2n) is 6.68. The van der Waals surface area contributed by atoms with E-state index in [1.165, 1.54) is 0 Å². The number of fused-ring (bicyclic) bond motifs is 3. The third-order valence-corrected chi connectivity index (χ3v) is 4.73. The van der Waals surface area contributed by atoms with Crippen LogP contribution in [0.1, 0.15) is 5.69 Å². The second-order valence-corrected chi connectivity index (χ2v) is 6.68. The molecule has 1 amide bonds. The molecule has 0 fully saturated rings. The number of carbonyl (C=O) groups is 1. The predicted molar refractivity (Wildman–Crippen MR) is 108 cm³/mol. The van der Waals surface area contributed by atoms with Crippen LogP contribution < -0.4 is 11.1 Å². The fourth-order valence-corrected chi connectivity index (χ4v) is 3.44. The monoisotopic (exact) mass is 413 g/mol. The smallest absolute Gasteiger partial charge is 0.353 e. The standard InChI is InChI=1S/C21H18F3N5O/c22-21(23,24)19-17-18(14-8-4-5-9-15(14)27-19)29(11-10-26-16(30)12-25)20(28-17)13-6-2-1-3-7-13/h1-9H,10-12,25H2,(H,26,30). The van der Waals surface area contributed by atoms with Gasteiger partial charge in [-0.15, -0.1) is 0 Å².